The van der Waals surface area contributed by atoms with E-state index in [-0.39, 0.29) is 11.8 Å². The molecule has 1 aliphatic heterocycles. The van der Waals surface area contributed by atoms with Gasteiger partial charge in [0.25, 0.3) is 11.8 Å². The van der Waals surface area contributed by atoms with E-state index in [0.29, 0.717) is 6.54 Å². The minimum absolute atomic E-state index is 0.160. The Morgan fingerprint density at radius 1 is 1.00 bits per heavy atom. The number of unbranched alkanes of at least 4 members (excludes halogenated alkanes) is 3. The molecule has 0 unspecified atom stereocenters. The highest BCUT2D eigenvalue weighted by molar-refractivity contribution is 6.12. The summed E-state index contributed by atoms with van der Waals surface area (Å²) < 4.78 is 0. The standard InChI is InChI=1S/C13H21NO2/c1-11(2)7-5-3-4-6-10-14-12(15)8-9-13(14)16/h8-9,11H,3-7,10H2,1-2H3. The third-order valence-electron chi connectivity index (χ3n) is 2.81. The van der Waals surface area contributed by atoms with E-state index in [1.807, 2.05) is 0 Å². The average Bonchev–Trinajstić information content (AvgIpc) is 2.53. The van der Waals surface area contributed by atoms with Crippen molar-refractivity contribution in [3.05, 3.63) is 12.2 Å². The maximum atomic E-state index is 11.2. The first-order valence-electron chi connectivity index (χ1n) is 6.15. The van der Waals surface area contributed by atoms with Gasteiger partial charge in [0.15, 0.2) is 0 Å². The van der Waals surface area contributed by atoms with E-state index in [0.717, 1.165) is 18.8 Å². The lowest BCUT2D eigenvalue weighted by molar-refractivity contribution is -0.136. The predicted octanol–water partition coefficient (Wildman–Crippen LogP) is 2.52. The third kappa shape index (κ3) is 4.17. The smallest absolute Gasteiger partial charge is 0.253 e. The molecular formula is C13H21NO2. The van der Waals surface area contributed by atoms with E-state index in [4.69, 9.17) is 0 Å². The zero-order valence-electron chi connectivity index (χ0n) is 10.2. The predicted molar refractivity (Wildman–Crippen MR) is 63.8 cm³/mol. The first kappa shape index (κ1) is 12.9. The summed E-state index contributed by atoms with van der Waals surface area (Å²) in [5.74, 6) is 0.449. The van der Waals surface area contributed by atoms with E-state index in [9.17, 15) is 9.59 Å². The number of nitrogens with zero attached hydrogens (tertiary/aromatic N) is 1. The molecule has 16 heavy (non-hydrogen) atoms. The second kappa shape index (κ2) is 6.46. The van der Waals surface area contributed by atoms with Crippen molar-refractivity contribution >= 4 is 11.8 Å². The quantitative estimate of drug-likeness (QED) is 0.491. The minimum atomic E-state index is -0.160. The molecule has 0 radical (unpaired) electrons. The number of hydrogen-bond donors (Lipinski definition) is 0. The molecule has 0 aromatic heterocycles. The SMILES string of the molecule is CC(C)CCCCCCN1C(=O)C=CC1=O. The summed E-state index contributed by atoms with van der Waals surface area (Å²) in [7, 11) is 0. The minimum Gasteiger partial charge on any atom is -0.275 e. The van der Waals surface area contributed by atoms with Gasteiger partial charge in [-0.1, -0.05) is 39.5 Å². The molecule has 0 spiro atoms. The Morgan fingerprint density at radius 3 is 2.12 bits per heavy atom. The highest BCUT2D eigenvalue weighted by atomic mass is 16.2. The highest BCUT2D eigenvalue weighted by Crippen LogP contribution is 2.11. The van der Waals surface area contributed by atoms with Crippen molar-refractivity contribution in [2.45, 2.75) is 46.0 Å². The fraction of sp³-hybridized carbons (Fsp3) is 0.692. The van der Waals surface area contributed by atoms with Crippen LogP contribution in [0.3, 0.4) is 0 Å². The van der Waals surface area contributed by atoms with E-state index in [1.54, 1.807) is 0 Å². The van der Waals surface area contributed by atoms with Gasteiger partial charge >= 0.3 is 0 Å². The van der Waals surface area contributed by atoms with Gasteiger partial charge in [0.1, 0.15) is 0 Å². The van der Waals surface area contributed by atoms with E-state index in [1.165, 1.54) is 36.3 Å². The maximum absolute atomic E-state index is 11.2. The molecule has 0 saturated carbocycles. The first-order valence-corrected chi connectivity index (χ1v) is 6.15. The Balaban J connectivity index is 2.03. The molecular weight excluding hydrogens is 202 g/mol. The van der Waals surface area contributed by atoms with Gasteiger partial charge in [-0.15, -0.1) is 0 Å². The fourth-order valence-corrected chi connectivity index (χ4v) is 1.83. The number of amides is 2. The van der Waals surface area contributed by atoms with Gasteiger partial charge < -0.3 is 0 Å². The van der Waals surface area contributed by atoms with E-state index >= 15 is 0 Å². The molecule has 0 N–H and O–H groups in total. The van der Waals surface area contributed by atoms with Gasteiger partial charge in [0, 0.05) is 18.7 Å². The molecule has 1 heterocycles. The monoisotopic (exact) mass is 223 g/mol. The van der Waals surface area contributed by atoms with Crippen molar-refractivity contribution in [1.82, 2.24) is 4.90 Å². The molecule has 2 amide bonds. The zero-order valence-corrected chi connectivity index (χ0v) is 10.2. The van der Waals surface area contributed by atoms with Crippen molar-refractivity contribution in [3.8, 4) is 0 Å². The van der Waals surface area contributed by atoms with Crippen LogP contribution < -0.4 is 0 Å². The summed E-state index contributed by atoms with van der Waals surface area (Å²) >= 11 is 0. The van der Waals surface area contributed by atoms with Crippen LogP contribution in [0.5, 0.6) is 0 Å². The molecule has 0 aromatic carbocycles. The molecule has 0 aromatic rings. The normalized spacial score (nSPS) is 15.6. The molecule has 90 valence electrons. The summed E-state index contributed by atoms with van der Waals surface area (Å²) in [6, 6.07) is 0. The van der Waals surface area contributed by atoms with Gasteiger partial charge in [0.2, 0.25) is 0 Å². The van der Waals surface area contributed by atoms with Crippen LogP contribution in [0.2, 0.25) is 0 Å². The van der Waals surface area contributed by atoms with Crippen LogP contribution >= 0.6 is 0 Å². The van der Waals surface area contributed by atoms with Crippen molar-refractivity contribution in [3.63, 3.8) is 0 Å². The summed E-state index contributed by atoms with van der Waals surface area (Å²) in [5, 5.41) is 0. The third-order valence-corrected chi connectivity index (χ3v) is 2.81. The van der Waals surface area contributed by atoms with Crippen molar-refractivity contribution in [2.75, 3.05) is 6.54 Å². The van der Waals surface area contributed by atoms with Crippen molar-refractivity contribution in [1.29, 1.82) is 0 Å². The van der Waals surface area contributed by atoms with Gasteiger partial charge in [-0.05, 0) is 12.3 Å². The number of carbonyl (C=O) groups excluding carboxylic acids is 2. The average molecular weight is 223 g/mol. The van der Waals surface area contributed by atoms with Gasteiger partial charge in [-0.2, -0.15) is 0 Å². The molecule has 0 aliphatic carbocycles. The van der Waals surface area contributed by atoms with Gasteiger partial charge in [-0.3, -0.25) is 14.5 Å². The Kier molecular flexibility index (Phi) is 5.23. The Bertz CT molecular complexity index is 264. The lowest BCUT2D eigenvalue weighted by Crippen LogP contribution is -2.30. The highest BCUT2D eigenvalue weighted by Gasteiger charge is 2.21. The second-order valence-electron chi connectivity index (χ2n) is 4.76. The molecule has 0 atom stereocenters. The Morgan fingerprint density at radius 2 is 1.56 bits per heavy atom. The lowest BCUT2D eigenvalue weighted by atomic mass is 10.0. The second-order valence-corrected chi connectivity index (χ2v) is 4.76. The van der Waals surface area contributed by atoms with Crippen LogP contribution in [0.25, 0.3) is 0 Å². The Labute approximate surface area is 97.5 Å². The maximum Gasteiger partial charge on any atom is 0.253 e. The summed E-state index contributed by atoms with van der Waals surface area (Å²) in [6.45, 7) is 5.03. The lowest BCUT2D eigenvalue weighted by Gasteiger charge is -2.13. The van der Waals surface area contributed by atoms with Crippen LogP contribution in [0.4, 0.5) is 0 Å². The van der Waals surface area contributed by atoms with Crippen molar-refractivity contribution < 1.29 is 9.59 Å². The van der Waals surface area contributed by atoms with Crippen molar-refractivity contribution in [2.24, 2.45) is 5.92 Å². The zero-order chi connectivity index (χ0) is 12.0. The van der Waals surface area contributed by atoms with Crippen LogP contribution in [0, 0.1) is 5.92 Å². The molecule has 3 nitrogen and oxygen atoms in total. The largest absolute Gasteiger partial charge is 0.275 e. The summed E-state index contributed by atoms with van der Waals surface area (Å²) in [4.78, 5) is 23.7. The number of carbonyl (C=O) groups is 2. The molecule has 0 bridgehead atoms. The molecule has 3 heteroatoms. The van der Waals surface area contributed by atoms with Crippen LogP contribution in [-0.4, -0.2) is 23.3 Å². The van der Waals surface area contributed by atoms with Crippen LogP contribution in [0.15, 0.2) is 12.2 Å². The molecule has 0 saturated heterocycles. The number of imide groups is 1. The number of hydrogen-bond acceptors (Lipinski definition) is 2. The fourth-order valence-electron chi connectivity index (χ4n) is 1.83. The van der Waals surface area contributed by atoms with Crippen LogP contribution in [-0.2, 0) is 9.59 Å². The van der Waals surface area contributed by atoms with Gasteiger partial charge in [-0.25, -0.2) is 0 Å². The first-order chi connectivity index (χ1) is 7.61. The van der Waals surface area contributed by atoms with E-state index < -0.39 is 0 Å². The molecule has 1 rings (SSSR count). The van der Waals surface area contributed by atoms with E-state index in [2.05, 4.69) is 13.8 Å². The topological polar surface area (TPSA) is 37.4 Å². The summed E-state index contributed by atoms with van der Waals surface area (Å²) in [6.07, 6.45) is 8.44. The number of rotatable bonds is 7. The van der Waals surface area contributed by atoms with Crippen LogP contribution in [0.1, 0.15) is 46.0 Å². The van der Waals surface area contributed by atoms with Gasteiger partial charge in [0.05, 0.1) is 0 Å². The molecule has 1 aliphatic rings. The Hall–Kier alpha value is -1.12. The molecule has 0 fully saturated rings. The summed E-state index contributed by atoms with van der Waals surface area (Å²) in [5.41, 5.74) is 0.